The molecule has 0 aromatic carbocycles. The zero-order chi connectivity index (χ0) is 12.0. The van der Waals surface area contributed by atoms with E-state index in [1.54, 1.807) is 18.2 Å². The first kappa shape index (κ1) is 12.5. The van der Waals surface area contributed by atoms with E-state index in [2.05, 4.69) is 4.98 Å². The van der Waals surface area contributed by atoms with Gasteiger partial charge in [-0.2, -0.15) is 0 Å². The summed E-state index contributed by atoms with van der Waals surface area (Å²) in [6.07, 6.45) is 3.50. The van der Waals surface area contributed by atoms with Crippen molar-refractivity contribution in [1.82, 2.24) is 9.55 Å². The molecule has 1 aromatic rings. The highest BCUT2D eigenvalue weighted by Gasteiger charge is 2.14. The monoisotopic (exact) mass is 227 g/mol. The predicted molar refractivity (Wildman–Crippen MR) is 59.6 cm³/mol. The largest absolute Gasteiger partial charge is 0.480 e. The van der Waals surface area contributed by atoms with Crippen LogP contribution >= 0.6 is 0 Å². The third-order valence-corrected chi connectivity index (χ3v) is 2.21. The molecule has 6 heteroatoms. The number of imidazole rings is 1. The van der Waals surface area contributed by atoms with Crippen molar-refractivity contribution in [2.24, 2.45) is 0 Å². The van der Waals surface area contributed by atoms with Crippen LogP contribution in [-0.4, -0.2) is 47.4 Å². The molecule has 0 saturated heterocycles. The molecule has 0 spiro atoms. The van der Waals surface area contributed by atoms with Gasteiger partial charge in [-0.3, -0.25) is 4.79 Å². The summed E-state index contributed by atoms with van der Waals surface area (Å²) < 4.78 is 6.86. The van der Waals surface area contributed by atoms with Crippen LogP contribution in [-0.2, 0) is 16.1 Å². The molecule has 0 amide bonds. The third kappa shape index (κ3) is 3.23. The fourth-order valence-electron chi connectivity index (χ4n) is 1.45. The van der Waals surface area contributed by atoms with Crippen LogP contribution in [0.4, 0.5) is 5.95 Å². The lowest BCUT2D eigenvalue weighted by Crippen LogP contribution is -2.34. The topological polar surface area (TPSA) is 67.6 Å². The Morgan fingerprint density at radius 1 is 1.69 bits per heavy atom. The fourth-order valence-corrected chi connectivity index (χ4v) is 1.45. The minimum atomic E-state index is -0.873. The van der Waals surface area contributed by atoms with Crippen molar-refractivity contribution >= 4 is 11.9 Å². The number of carboxylic acid groups (broad SMARTS) is 1. The summed E-state index contributed by atoms with van der Waals surface area (Å²) in [7, 11) is 1.59. The van der Waals surface area contributed by atoms with Crippen LogP contribution in [0.2, 0.25) is 0 Å². The molecule has 0 bridgehead atoms. The SMILES string of the molecule is CCn1ccnc1N(CCOC)CC(=O)O. The Kier molecular flexibility index (Phi) is 4.78. The van der Waals surface area contributed by atoms with Crippen molar-refractivity contribution in [2.75, 3.05) is 31.7 Å². The van der Waals surface area contributed by atoms with Gasteiger partial charge in [0.1, 0.15) is 6.54 Å². The zero-order valence-electron chi connectivity index (χ0n) is 9.59. The normalized spacial score (nSPS) is 10.4. The summed E-state index contributed by atoms with van der Waals surface area (Å²) in [5, 5.41) is 8.83. The standard InChI is InChI=1S/C10H17N3O3/c1-3-12-5-4-11-10(12)13(6-7-16-2)8-9(14)15/h4-5H,3,6-8H2,1-2H3,(H,14,15). The van der Waals surface area contributed by atoms with Gasteiger partial charge >= 0.3 is 5.97 Å². The van der Waals surface area contributed by atoms with Gasteiger partial charge < -0.3 is 19.3 Å². The molecule has 1 aromatic heterocycles. The maximum atomic E-state index is 10.7. The second-order valence-corrected chi connectivity index (χ2v) is 3.32. The van der Waals surface area contributed by atoms with Crippen molar-refractivity contribution in [3.8, 4) is 0 Å². The molecule has 0 saturated carbocycles. The molecule has 0 atom stereocenters. The fraction of sp³-hybridized carbons (Fsp3) is 0.600. The lowest BCUT2D eigenvalue weighted by atomic mass is 10.5. The minimum Gasteiger partial charge on any atom is -0.480 e. The maximum Gasteiger partial charge on any atom is 0.323 e. The van der Waals surface area contributed by atoms with E-state index < -0.39 is 5.97 Å². The molecule has 1 rings (SSSR count). The quantitative estimate of drug-likeness (QED) is 0.732. The molecule has 0 fully saturated rings. The summed E-state index contributed by atoms with van der Waals surface area (Å²) in [6, 6.07) is 0. The molecule has 90 valence electrons. The number of carbonyl (C=O) groups is 1. The molecule has 0 aliphatic rings. The Balaban J connectivity index is 2.78. The Morgan fingerprint density at radius 2 is 2.44 bits per heavy atom. The van der Waals surface area contributed by atoms with Crippen molar-refractivity contribution in [1.29, 1.82) is 0 Å². The number of nitrogens with zero attached hydrogens (tertiary/aromatic N) is 3. The van der Waals surface area contributed by atoms with E-state index in [1.807, 2.05) is 17.7 Å². The molecule has 6 nitrogen and oxygen atoms in total. The summed E-state index contributed by atoms with van der Waals surface area (Å²) >= 11 is 0. The van der Waals surface area contributed by atoms with Gasteiger partial charge in [-0.15, -0.1) is 0 Å². The van der Waals surface area contributed by atoms with Crippen molar-refractivity contribution < 1.29 is 14.6 Å². The highest BCUT2D eigenvalue weighted by Crippen LogP contribution is 2.10. The smallest absolute Gasteiger partial charge is 0.323 e. The predicted octanol–water partition coefficient (Wildman–Crippen LogP) is 0.440. The Labute approximate surface area is 94.5 Å². The number of hydrogen-bond acceptors (Lipinski definition) is 4. The van der Waals surface area contributed by atoms with Gasteiger partial charge in [0.05, 0.1) is 6.61 Å². The lowest BCUT2D eigenvalue weighted by Gasteiger charge is -2.21. The van der Waals surface area contributed by atoms with E-state index in [0.717, 1.165) is 6.54 Å². The first-order valence-corrected chi connectivity index (χ1v) is 5.15. The van der Waals surface area contributed by atoms with Crippen molar-refractivity contribution in [3.05, 3.63) is 12.4 Å². The molecular weight excluding hydrogens is 210 g/mol. The second-order valence-electron chi connectivity index (χ2n) is 3.32. The first-order valence-electron chi connectivity index (χ1n) is 5.15. The van der Waals surface area contributed by atoms with Gasteiger partial charge in [0.25, 0.3) is 0 Å². The number of aromatic nitrogens is 2. The highest BCUT2D eigenvalue weighted by molar-refractivity contribution is 5.72. The van der Waals surface area contributed by atoms with E-state index in [9.17, 15) is 4.79 Å². The molecule has 0 aliphatic carbocycles. The average molecular weight is 227 g/mol. The highest BCUT2D eigenvalue weighted by atomic mass is 16.5. The Bertz CT molecular complexity index is 338. The van der Waals surface area contributed by atoms with Gasteiger partial charge in [-0.05, 0) is 6.92 Å². The van der Waals surface area contributed by atoms with E-state index in [0.29, 0.717) is 19.1 Å². The van der Waals surface area contributed by atoms with E-state index in [1.165, 1.54) is 0 Å². The van der Waals surface area contributed by atoms with Crippen LogP contribution in [0.1, 0.15) is 6.92 Å². The van der Waals surface area contributed by atoms with Crippen LogP contribution < -0.4 is 4.90 Å². The molecule has 0 unspecified atom stereocenters. The molecule has 0 aliphatic heterocycles. The number of carboxylic acids is 1. The number of methoxy groups -OCH3 is 1. The molecule has 0 radical (unpaired) electrons. The summed E-state index contributed by atoms with van der Waals surface area (Å²) in [5.41, 5.74) is 0. The van der Waals surface area contributed by atoms with Crippen LogP contribution in [0.3, 0.4) is 0 Å². The molecular formula is C10H17N3O3. The van der Waals surface area contributed by atoms with Gasteiger partial charge in [-0.1, -0.05) is 0 Å². The summed E-state index contributed by atoms with van der Waals surface area (Å²) in [4.78, 5) is 16.6. The van der Waals surface area contributed by atoms with Gasteiger partial charge in [0.15, 0.2) is 0 Å². The number of hydrogen-bond donors (Lipinski definition) is 1. The minimum absolute atomic E-state index is 0.0691. The van der Waals surface area contributed by atoms with Crippen LogP contribution in [0.5, 0.6) is 0 Å². The van der Waals surface area contributed by atoms with E-state index in [-0.39, 0.29) is 6.54 Å². The summed E-state index contributed by atoms with van der Waals surface area (Å²) in [6.45, 7) is 3.67. The number of ether oxygens (including phenoxy) is 1. The van der Waals surface area contributed by atoms with Crippen LogP contribution in [0.15, 0.2) is 12.4 Å². The number of aliphatic carboxylic acids is 1. The second kappa shape index (κ2) is 6.12. The van der Waals surface area contributed by atoms with Gasteiger partial charge in [-0.25, -0.2) is 4.98 Å². The molecule has 16 heavy (non-hydrogen) atoms. The Hall–Kier alpha value is -1.56. The maximum absolute atomic E-state index is 10.7. The Morgan fingerprint density at radius 3 is 3.00 bits per heavy atom. The average Bonchev–Trinajstić information content (AvgIpc) is 2.71. The van der Waals surface area contributed by atoms with Crippen LogP contribution in [0.25, 0.3) is 0 Å². The molecule has 1 N–H and O–H groups in total. The van der Waals surface area contributed by atoms with Crippen LogP contribution in [0, 0.1) is 0 Å². The summed E-state index contributed by atoms with van der Waals surface area (Å²) in [5.74, 6) is -0.205. The third-order valence-electron chi connectivity index (χ3n) is 2.21. The lowest BCUT2D eigenvalue weighted by molar-refractivity contribution is -0.135. The van der Waals surface area contributed by atoms with Gasteiger partial charge in [0.2, 0.25) is 5.95 Å². The molecule has 1 heterocycles. The number of aryl methyl sites for hydroxylation is 1. The van der Waals surface area contributed by atoms with Gasteiger partial charge in [0, 0.05) is 32.6 Å². The first-order chi connectivity index (χ1) is 7.69. The van der Waals surface area contributed by atoms with E-state index in [4.69, 9.17) is 9.84 Å². The zero-order valence-corrected chi connectivity index (χ0v) is 9.59. The number of rotatable bonds is 7. The van der Waals surface area contributed by atoms with E-state index >= 15 is 0 Å². The number of anilines is 1. The van der Waals surface area contributed by atoms with Crippen molar-refractivity contribution in [3.63, 3.8) is 0 Å². The van der Waals surface area contributed by atoms with Crippen molar-refractivity contribution in [2.45, 2.75) is 13.5 Å².